The lowest BCUT2D eigenvalue weighted by Crippen LogP contribution is -2.43. The van der Waals surface area contributed by atoms with E-state index in [1.807, 2.05) is 20.8 Å². The van der Waals surface area contributed by atoms with Crippen molar-refractivity contribution in [2.24, 2.45) is 0 Å². The molecule has 0 aliphatic rings. The van der Waals surface area contributed by atoms with Crippen LogP contribution in [0.3, 0.4) is 0 Å². The van der Waals surface area contributed by atoms with E-state index < -0.39 is 15.9 Å². The number of carbonyl (C=O) groups excluding carboxylic acids is 1. The Bertz CT molecular complexity index is 942. The summed E-state index contributed by atoms with van der Waals surface area (Å²) in [6.07, 6.45) is 0.738. The van der Waals surface area contributed by atoms with Gasteiger partial charge in [-0.25, -0.2) is 8.42 Å². The molecule has 0 radical (unpaired) electrons. The van der Waals surface area contributed by atoms with Crippen LogP contribution in [0.4, 0.5) is 5.69 Å². The van der Waals surface area contributed by atoms with Gasteiger partial charge in [0, 0.05) is 12.1 Å². The van der Waals surface area contributed by atoms with E-state index in [1.165, 1.54) is 26.4 Å². The average Bonchev–Trinajstić information content (AvgIpc) is 2.71. The minimum atomic E-state index is -4.01. The standard InChI is InChI=1S/C21H28N2O5S/c1-6-16(3)22-21(24)14-23(19-12-9-17(27-4)13-20(19)28-5)29(25,26)18-10-7-15(2)8-11-18/h7-13,16H,6,14H2,1-5H3,(H,22,24)/t16-/m1/s1. The van der Waals surface area contributed by atoms with Gasteiger partial charge in [0.1, 0.15) is 18.0 Å². The maximum absolute atomic E-state index is 13.4. The summed E-state index contributed by atoms with van der Waals surface area (Å²) in [5.41, 5.74) is 1.19. The molecular formula is C21H28N2O5S. The molecule has 2 aromatic rings. The molecule has 0 saturated carbocycles. The number of hydrogen-bond donors (Lipinski definition) is 1. The molecule has 2 aromatic carbocycles. The summed E-state index contributed by atoms with van der Waals surface area (Å²) in [6, 6.07) is 11.2. The van der Waals surface area contributed by atoms with Crippen LogP contribution in [-0.2, 0) is 14.8 Å². The number of methoxy groups -OCH3 is 2. The van der Waals surface area contributed by atoms with Crippen LogP contribution in [0, 0.1) is 6.92 Å². The zero-order valence-electron chi connectivity index (χ0n) is 17.4. The Morgan fingerprint density at radius 1 is 1.10 bits per heavy atom. The molecule has 158 valence electrons. The van der Waals surface area contributed by atoms with Crippen molar-refractivity contribution in [3.8, 4) is 11.5 Å². The van der Waals surface area contributed by atoms with E-state index in [0.29, 0.717) is 5.75 Å². The maximum atomic E-state index is 13.4. The van der Waals surface area contributed by atoms with Crippen LogP contribution >= 0.6 is 0 Å². The number of carbonyl (C=O) groups is 1. The van der Waals surface area contributed by atoms with Gasteiger partial charge in [0.2, 0.25) is 5.91 Å². The van der Waals surface area contributed by atoms with Gasteiger partial charge in [0.05, 0.1) is 24.8 Å². The summed E-state index contributed by atoms with van der Waals surface area (Å²) in [4.78, 5) is 12.7. The predicted molar refractivity (Wildman–Crippen MR) is 113 cm³/mol. The maximum Gasteiger partial charge on any atom is 0.264 e. The van der Waals surface area contributed by atoms with E-state index in [1.54, 1.807) is 30.3 Å². The van der Waals surface area contributed by atoms with Crippen LogP contribution in [-0.4, -0.2) is 41.1 Å². The lowest BCUT2D eigenvalue weighted by atomic mass is 10.2. The molecule has 1 atom stereocenters. The van der Waals surface area contributed by atoms with Crippen molar-refractivity contribution < 1.29 is 22.7 Å². The molecule has 0 aliphatic heterocycles. The van der Waals surface area contributed by atoms with Gasteiger partial charge in [-0.3, -0.25) is 9.10 Å². The molecule has 0 spiro atoms. The number of aryl methyl sites for hydroxylation is 1. The number of nitrogens with one attached hydrogen (secondary N) is 1. The molecule has 0 bridgehead atoms. The number of rotatable bonds is 9. The Morgan fingerprint density at radius 3 is 2.31 bits per heavy atom. The van der Waals surface area contributed by atoms with Gasteiger partial charge >= 0.3 is 0 Å². The third-order valence-corrected chi connectivity index (χ3v) is 6.35. The number of hydrogen-bond acceptors (Lipinski definition) is 5. The van der Waals surface area contributed by atoms with E-state index in [4.69, 9.17) is 9.47 Å². The monoisotopic (exact) mass is 420 g/mol. The van der Waals surface area contributed by atoms with E-state index >= 15 is 0 Å². The van der Waals surface area contributed by atoms with Gasteiger partial charge in [-0.05, 0) is 44.5 Å². The second kappa shape index (κ2) is 9.65. The van der Waals surface area contributed by atoms with Gasteiger partial charge < -0.3 is 14.8 Å². The summed E-state index contributed by atoms with van der Waals surface area (Å²) >= 11 is 0. The first kappa shape index (κ1) is 22.5. The largest absolute Gasteiger partial charge is 0.497 e. The van der Waals surface area contributed by atoms with Gasteiger partial charge in [0.25, 0.3) is 10.0 Å². The number of amides is 1. The fourth-order valence-electron chi connectivity index (χ4n) is 2.68. The number of anilines is 1. The van der Waals surface area contributed by atoms with Crippen molar-refractivity contribution in [2.45, 2.75) is 38.1 Å². The summed E-state index contributed by atoms with van der Waals surface area (Å²) < 4.78 is 38.5. The highest BCUT2D eigenvalue weighted by Gasteiger charge is 2.30. The lowest BCUT2D eigenvalue weighted by molar-refractivity contribution is -0.120. The Balaban J connectivity index is 2.54. The van der Waals surface area contributed by atoms with Crippen molar-refractivity contribution in [3.05, 3.63) is 48.0 Å². The Kier molecular flexibility index (Phi) is 7.50. The smallest absolute Gasteiger partial charge is 0.264 e. The van der Waals surface area contributed by atoms with Gasteiger partial charge in [-0.1, -0.05) is 24.6 Å². The zero-order valence-corrected chi connectivity index (χ0v) is 18.2. The highest BCUT2D eigenvalue weighted by atomic mass is 32.2. The third-order valence-electron chi connectivity index (χ3n) is 4.57. The molecule has 0 aromatic heterocycles. The van der Waals surface area contributed by atoms with Gasteiger partial charge in [-0.2, -0.15) is 0 Å². The minimum absolute atomic E-state index is 0.0656. The average molecular weight is 421 g/mol. The van der Waals surface area contributed by atoms with Crippen LogP contribution in [0.15, 0.2) is 47.4 Å². The molecule has 0 unspecified atom stereocenters. The molecule has 7 nitrogen and oxygen atoms in total. The molecule has 1 N–H and O–H groups in total. The zero-order chi connectivity index (χ0) is 21.6. The lowest BCUT2D eigenvalue weighted by Gasteiger charge is -2.26. The van der Waals surface area contributed by atoms with Crippen LogP contribution in [0.1, 0.15) is 25.8 Å². The Labute approximate surface area is 172 Å². The number of benzene rings is 2. The van der Waals surface area contributed by atoms with Gasteiger partial charge in [0.15, 0.2) is 0 Å². The molecule has 0 heterocycles. The first-order chi connectivity index (χ1) is 13.7. The number of ether oxygens (including phenoxy) is 2. The quantitative estimate of drug-likeness (QED) is 0.674. The van der Waals surface area contributed by atoms with Crippen LogP contribution in [0.5, 0.6) is 11.5 Å². The summed E-state index contributed by atoms with van der Waals surface area (Å²) in [5.74, 6) is 0.409. The number of sulfonamides is 1. The first-order valence-electron chi connectivity index (χ1n) is 9.33. The van der Waals surface area contributed by atoms with Crippen LogP contribution in [0.25, 0.3) is 0 Å². The van der Waals surface area contributed by atoms with Crippen molar-refractivity contribution in [1.29, 1.82) is 0 Å². The highest BCUT2D eigenvalue weighted by molar-refractivity contribution is 7.92. The molecule has 29 heavy (non-hydrogen) atoms. The second-order valence-corrected chi connectivity index (χ2v) is 8.60. The van der Waals surface area contributed by atoms with E-state index in [-0.39, 0.29) is 28.9 Å². The van der Waals surface area contributed by atoms with Crippen molar-refractivity contribution in [1.82, 2.24) is 5.32 Å². The molecule has 2 rings (SSSR count). The number of nitrogens with zero attached hydrogens (tertiary/aromatic N) is 1. The molecular weight excluding hydrogens is 392 g/mol. The Morgan fingerprint density at radius 2 is 1.76 bits per heavy atom. The first-order valence-corrected chi connectivity index (χ1v) is 10.8. The molecule has 0 saturated heterocycles. The third kappa shape index (κ3) is 5.41. The summed E-state index contributed by atoms with van der Waals surface area (Å²) in [5, 5.41) is 2.81. The molecule has 0 fully saturated rings. The molecule has 8 heteroatoms. The van der Waals surface area contributed by atoms with Crippen molar-refractivity contribution in [2.75, 3.05) is 25.1 Å². The van der Waals surface area contributed by atoms with Crippen molar-refractivity contribution in [3.63, 3.8) is 0 Å². The van der Waals surface area contributed by atoms with Crippen LogP contribution in [0.2, 0.25) is 0 Å². The fourth-order valence-corrected chi connectivity index (χ4v) is 4.11. The summed E-state index contributed by atoms with van der Waals surface area (Å²) in [6.45, 7) is 5.31. The fraction of sp³-hybridized carbons (Fsp3) is 0.381. The second-order valence-electron chi connectivity index (χ2n) is 6.74. The normalized spacial score (nSPS) is 12.2. The van der Waals surface area contributed by atoms with E-state index in [0.717, 1.165) is 16.3 Å². The molecule has 0 aliphatic carbocycles. The molecule has 1 amide bonds. The van der Waals surface area contributed by atoms with E-state index in [2.05, 4.69) is 5.32 Å². The highest BCUT2D eigenvalue weighted by Crippen LogP contribution is 2.35. The minimum Gasteiger partial charge on any atom is -0.497 e. The Hall–Kier alpha value is -2.74. The van der Waals surface area contributed by atoms with E-state index in [9.17, 15) is 13.2 Å². The van der Waals surface area contributed by atoms with Gasteiger partial charge in [-0.15, -0.1) is 0 Å². The SMILES string of the molecule is CC[C@@H](C)NC(=O)CN(c1ccc(OC)cc1OC)S(=O)(=O)c1ccc(C)cc1. The summed E-state index contributed by atoms with van der Waals surface area (Å²) in [7, 11) is -1.06. The van der Waals surface area contributed by atoms with Crippen LogP contribution < -0.4 is 19.1 Å². The van der Waals surface area contributed by atoms with Crippen molar-refractivity contribution >= 4 is 21.6 Å². The topological polar surface area (TPSA) is 84.9 Å². The predicted octanol–water partition coefficient (Wildman–Crippen LogP) is 3.12.